The van der Waals surface area contributed by atoms with E-state index in [1.807, 2.05) is 35.1 Å². The van der Waals surface area contributed by atoms with E-state index in [2.05, 4.69) is 50.4 Å². The second-order valence-electron chi connectivity index (χ2n) is 7.69. The van der Waals surface area contributed by atoms with Crippen LogP contribution in [-0.2, 0) is 0 Å². The van der Waals surface area contributed by atoms with Crippen LogP contribution >= 0.6 is 0 Å². The number of anilines is 1. The van der Waals surface area contributed by atoms with E-state index in [0.717, 1.165) is 40.4 Å². The monoisotopic (exact) mass is 389 g/mol. The van der Waals surface area contributed by atoms with Gasteiger partial charge in [-0.1, -0.05) is 6.07 Å². The predicted molar refractivity (Wildman–Crippen MR) is 112 cm³/mol. The topological polar surface area (TPSA) is 80.5 Å². The largest absolute Gasteiger partial charge is 0.480 e. The van der Waals surface area contributed by atoms with E-state index < -0.39 is 0 Å². The molecule has 0 unspecified atom stereocenters. The van der Waals surface area contributed by atoms with E-state index >= 15 is 0 Å². The van der Waals surface area contributed by atoms with Crippen LogP contribution in [0.2, 0.25) is 0 Å². The third kappa shape index (κ3) is 3.15. The molecule has 4 aromatic rings. The molecule has 0 saturated heterocycles. The van der Waals surface area contributed by atoms with Crippen molar-refractivity contribution < 1.29 is 4.74 Å². The number of fused-ring (bicyclic) bond motifs is 2. The van der Waals surface area contributed by atoms with Gasteiger partial charge >= 0.3 is 0 Å². The Morgan fingerprint density at radius 2 is 2.00 bits per heavy atom. The Bertz CT molecular complexity index is 1180. The Kier molecular flexibility index (Phi) is 4.28. The van der Waals surface area contributed by atoms with Crippen LogP contribution in [0.15, 0.2) is 43.0 Å². The van der Waals surface area contributed by atoms with E-state index in [0.29, 0.717) is 23.9 Å². The highest BCUT2D eigenvalue weighted by molar-refractivity contribution is 5.91. The summed E-state index contributed by atoms with van der Waals surface area (Å²) in [6, 6.07) is 9.20. The van der Waals surface area contributed by atoms with Crippen molar-refractivity contribution in [3.63, 3.8) is 0 Å². The SMILES string of the molecule is COc1ncnc2ccc(-c3ccn4nc(NC5CC(N(C)C)C5)ncc34)cc12. The van der Waals surface area contributed by atoms with Gasteiger partial charge < -0.3 is 15.0 Å². The molecule has 3 aromatic heterocycles. The first-order valence-electron chi connectivity index (χ1n) is 9.69. The van der Waals surface area contributed by atoms with E-state index in [4.69, 9.17) is 4.74 Å². The third-order valence-electron chi connectivity index (χ3n) is 5.70. The maximum atomic E-state index is 5.39. The van der Waals surface area contributed by atoms with Crippen molar-refractivity contribution in [3.05, 3.63) is 43.0 Å². The zero-order chi connectivity index (χ0) is 20.0. The maximum absolute atomic E-state index is 5.39. The van der Waals surface area contributed by atoms with Crippen molar-refractivity contribution in [2.24, 2.45) is 0 Å². The highest BCUT2D eigenvalue weighted by atomic mass is 16.5. The summed E-state index contributed by atoms with van der Waals surface area (Å²) in [6.45, 7) is 0. The third-order valence-corrected chi connectivity index (χ3v) is 5.70. The molecule has 3 heterocycles. The first-order chi connectivity index (χ1) is 14.1. The van der Waals surface area contributed by atoms with Gasteiger partial charge in [0.2, 0.25) is 11.8 Å². The lowest BCUT2D eigenvalue weighted by atomic mass is 9.86. The first-order valence-corrected chi connectivity index (χ1v) is 9.69. The molecule has 1 saturated carbocycles. The Morgan fingerprint density at radius 1 is 1.14 bits per heavy atom. The summed E-state index contributed by atoms with van der Waals surface area (Å²) >= 11 is 0. The number of nitrogens with one attached hydrogen (secondary N) is 1. The lowest BCUT2D eigenvalue weighted by Crippen LogP contribution is -2.47. The second-order valence-corrected chi connectivity index (χ2v) is 7.69. The number of hydrogen-bond donors (Lipinski definition) is 1. The standard InChI is InChI=1S/C21H23N7O/c1-27(2)15-9-14(10-15)25-21-22-11-19-16(6-7-28(19)26-21)13-4-5-18-17(8-13)20(29-3)24-12-23-18/h4-8,11-12,14-15H,9-10H2,1-3H3,(H,25,26). The number of benzene rings is 1. The lowest BCUT2D eigenvalue weighted by Gasteiger charge is -2.39. The smallest absolute Gasteiger partial charge is 0.241 e. The van der Waals surface area contributed by atoms with Crippen molar-refractivity contribution in [3.8, 4) is 17.0 Å². The van der Waals surface area contributed by atoms with Crippen LogP contribution in [0.1, 0.15) is 12.8 Å². The minimum Gasteiger partial charge on any atom is -0.480 e. The second kappa shape index (κ2) is 6.97. The minimum atomic E-state index is 0.433. The molecule has 0 atom stereocenters. The fourth-order valence-electron chi connectivity index (χ4n) is 3.88. The number of hydrogen-bond acceptors (Lipinski definition) is 7. The van der Waals surface area contributed by atoms with Crippen LogP contribution in [0.3, 0.4) is 0 Å². The highest BCUT2D eigenvalue weighted by Crippen LogP contribution is 2.31. The van der Waals surface area contributed by atoms with Gasteiger partial charge in [-0.25, -0.2) is 19.5 Å². The van der Waals surface area contributed by atoms with Crippen molar-refractivity contribution >= 4 is 22.4 Å². The van der Waals surface area contributed by atoms with Crippen LogP contribution in [-0.4, -0.2) is 62.8 Å². The van der Waals surface area contributed by atoms with E-state index in [1.165, 1.54) is 6.33 Å². The molecule has 1 aromatic carbocycles. The molecule has 1 N–H and O–H groups in total. The summed E-state index contributed by atoms with van der Waals surface area (Å²) in [5.74, 6) is 1.23. The molecule has 29 heavy (non-hydrogen) atoms. The normalized spacial score (nSPS) is 18.9. The molecule has 0 amide bonds. The quantitative estimate of drug-likeness (QED) is 0.562. The zero-order valence-corrected chi connectivity index (χ0v) is 16.7. The first kappa shape index (κ1) is 17.8. The maximum Gasteiger partial charge on any atom is 0.241 e. The van der Waals surface area contributed by atoms with Crippen LogP contribution in [0.5, 0.6) is 5.88 Å². The Balaban J connectivity index is 1.44. The summed E-state index contributed by atoms with van der Waals surface area (Å²) in [5, 5.41) is 8.96. The van der Waals surface area contributed by atoms with E-state index in [-0.39, 0.29) is 0 Å². The van der Waals surface area contributed by atoms with E-state index in [9.17, 15) is 0 Å². The van der Waals surface area contributed by atoms with Gasteiger partial charge in [0.1, 0.15) is 6.33 Å². The molecule has 0 aliphatic heterocycles. The van der Waals surface area contributed by atoms with E-state index in [1.54, 1.807) is 7.11 Å². The minimum absolute atomic E-state index is 0.433. The van der Waals surface area contributed by atoms with Gasteiger partial charge in [0.15, 0.2) is 0 Å². The molecule has 148 valence electrons. The van der Waals surface area contributed by atoms with Gasteiger partial charge in [0.25, 0.3) is 0 Å². The summed E-state index contributed by atoms with van der Waals surface area (Å²) < 4.78 is 7.26. The average Bonchev–Trinajstić information content (AvgIpc) is 3.12. The van der Waals surface area contributed by atoms with Crippen molar-refractivity contribution in [1.29, 1.82) is 0 Å². The number of ether oxygens (including phenoxy) is 1. The molecule has 1 aliphatic rings. The summed E-state index contributed by atoms with van der Waals surface area (Å²) in [7, 11) is 5.87. The van der Waals surface area contributed by atoms with Gasteiger partial charge in [0.05, 0.1) is 29.7 Å². The van der Waals surface area contributed by atoms with Crippen molar-refractivity contribution in [1.82, 2.24) is 29.5 Å². The van der Waals surface area contributed by atoms with Gasteiger partial charge in [-0.15, -0.1) is 5.10 Å². The number of methoxy groups -OCH3 is 1. The molecule has 5 rings (SSSR count). The zero-order valence-electron chi connectivity index (χ0n) is 16.7. The number of rotatable bonds is 5. The van der Waals surface area contributed by atoms with Crippen molar-refractivity contribution in [2.75, 3.05) is 26.5 Å². The fraction of sp³-hybridized carbons (Fsp3) is 0.333. The highest BCUT2D eigenvalue weighted by Gasteiger charge is 2.30. The molecule has 1 fully saturated rings. The summed E-state index contributed by atoms with van der Waals surface area (Å²) in [4.78, 5) is 15.3. The van der Waals surface area contributed by atoms with Crippen LogP contribution < -0.4 is 10.1 Å². The molecule has 0 spiro atoms. The predicted octanol–water partition coefficient (Wildman–Crippen LogP) is 2.85. The van der Waals surface area contributed by atoms with Gasteiger partial charge in [0, 0.05) is 23.8 Å². The summed E-state index contributed by atoms with van der Waals surface area (Å²) in [6.07, 6.45) is 7.58. The molecule has 0 bridgehead atoms. The Morgan fingerprint density at radius 3 is 2.79 bits per heavy atom. The molecule has 8 nitrogen and oxygen atoms in total. The molecular weight excluding hydrogens is 366 g/mol. The van der Waals surface area contributed by atoms with Gasteiger partial charge in [-0.05, 0) is 50.7 Å². The van der Waals surface area contributed by atoms with Crippen LogP contribution in [0.25, 0.3) is 27.5 Å². The lowest BCUT2D eigenvalue weighted by molar-refractivity contribution is 0.177. The average molecular weight is 389 g/mol. The molecular formula is C21H23N7O. The Labute approximate surface area is 168 Å². The van der Waals surface area contributed by atoms with Gasteiger partial charge in [-0.2, -0.15) is 0 Å². The molecule has 8 heteroatoms. The number of nitrogens with zero attached hydrogens (tertiary/aromatic N) is 6. The molecule has 0 radical (unpaired) electrons. The van der Waals surface area contributed by atoms with Crippen LogP contribution in [0.4, 0.5) is 5.95 Å². The van der Waals surface area contributed by atoms with Crippen molar-refractivity contribution in [2.45, 2.75) is 24.9 Å². The van der Waals surface area contributed by atoms with Gasteiger partial charge in [-0.3, -0.25) is 0 Å². The Hall–Kier alpha value is -3.26. The van der Waals surface area contributed by atoms with Crippen LogP contribution in [0, 0.1) is 0 Å². The number of aromatic nitrogens is 5. The fourth-order valence-corrected chi connectivity index (χ4v) is 3.88. The molecule has 1 aliphatic carbocycles. The summed E-state index contributed by atoms with van der Waals surface area (Å²) in [5.41, 5.74) is 3.90.